The molecule has 2 aromatic rings. The van der Waals surface area contributed by atoms with Crippen molar-refractivity contribution < 1.29 is 0 Å². The number of fused-ring (bicyclic) bond motifs is 1. The number of imidazole rings is 1. The highest BCUT2D eigenvalue weighted by atomic mass is 35.5. The molecule has 3 rings (SSSR count). The lowest BCUT2D eigenvalue weighted by molar-refractivity contribution is 0.479. The first-order valence-corrected chi connectivity index (χ1v) is 7.20. The van der Waals surface area contributed by atoms with E-state index in [1.807, 2.05) is 6.07 Å². The third-order valence-electron chi connectivity index (χ3n) is 3.60. The van der Waals surface area contributed by atoms with E-state index in [0.717, 1.165) is 29.3 Å². The first-order valence-electron chi connectivity index (χ1n) is 6.29. The second kappa shape index (κ2) is 4.71. The lowest BCUT2D eigenvalue weighted by Crippen LogP contribution is -2.12. The molecule has 1 aliphatic rings. The highest BCUT2D eigenvalue weighted by molar-refractivity contribution is 6.31. The SMILES string of the molecule is CC(C1CC1)n1c(CCCl)nc2cc(Cl)cnc21. The molecule has 1 atom stereocenters. The van der Waals surface area contributed by atoms with E-state index in [2.05, 4.69) is 21.5 Å². The van der Waals surface area contributed by atoms with Crippen LogP contribution in [0.4, 0.5) is 0 Å². The number of aromatic nitrogens is 3. The van der Waals surface area contributed by atoms with Crippen LogP contribution in [0.1, 0.15) is 31.6 Å². The third-order valence-corrected chi connectivity index (χ3v) is 3.99. The molecule has 0 aromatic carbocycles. The summed E-state index contributed by atoms with van der Waals surface area (Å²) in [5, 5.41) is 0.628. The van der Waals surface area contributed by atoms with E-state index in [1.165, 1.54) is 12.8 Å². The van der Waals surface area contributed by atoms with Gasteiger partial charge in [0.2, 0.25) is 0 Å². The summed E-state index contributed by atoms with van der Waals surface area (Å²) >= 11 is 11.8. The molecular weight excluding hydrogens is 269 g/mol. The van der Waals surface area contributed by atoms with Gasteiger partial charge in [0.05, 0.1) is 5.02 Å². The molecule has 3 nitrogen and oxygen atoms in total. The van der Waals surface area contributed by atoms with E-state index < -0.39 is 0 Å². The lowest BCUT2D eigenvalue weighted by atomic mass is 10.2. The Hall–Kier alpha value is -0.800. The van der Waals surface area contributed by atoms with Gasteiger partial charge in [0.25, 0.3) is 0 Å². The van der Waals surface area contributed by atoms with Gasteiger partial charge in [-0.1, -0.05) is 11.6 Å². The second-order valence-electron chi connectivity index (χ2n) is 4.91. The molecule has 0 bridgehead atoms. The van der Waals surface area contributed by atoms with Crippen LogP contribution >= 0.6 is 23.2 Å². The number of halogens is 2. The Kier molecular flexibility index (Phi) is 3.20. The van der Waals surface area contributed by atoms with Crippen molar-refractivity contribution in [1.29, 1.82) is 0 Å². The van der Waals surface area contributed by atoms with E-state index in [4.69, 9.17) is 23.2 Å². The molecular formula is C13H15Cl2N3. The molecule has 1 aliphatic carbocycles. The molecule has 1 unspecified atom stereocenters. The normalized spacial score (nSPS) is 17.3. The fraction of sp³-hybridized carbons (Fsp3) is 0.538. The van der Waals surface area contributed by atoms with E-state index in [1.54, 1.807) is 6.20 Å². The zero-order valence-corrected chi connectivity index (χ0v) is 11.7. The number of nitrogens with zero attached hydrogens (tertiary/aromatic N) is 3. The van der Waals surface area contributed by atoms with Crippen LogP contribution in [0.15, 0.2) is 12.3 Å². The maximum absolute atomic E-state index is 5.97. The molecule has 0 spiro atoms. The Morgan fingerprint density at radius 1 is 1.50 bits per heavy atom. The standard InChI is InChI=1S/C13H15Cl2N3/c1-8(9-2-3-9)18-12(4-5-14)17-11-6-10(15)7-16-13(11)18/h6-9H,2-5H2,1H3. The Morgan fingerprint density at radius 3 is 2.94 bits per heavy atom. The topological polar surface area (TPSA) is 30.7 Å². The number of alkyl halides is 1. The van der Waals surface area contributed by atoms with Gasteiger partial charge in [-0.15, -0.1) is 11.6 Å². The second-order valence-corrected chi connectivity index (χ2v) is 5.73. The van der Waals surface area contributed by atoms with Crippen LogP contribution in [-0.2, 0) is 6.42 Å². The Labute approximate surface area is 116 Å². The molecule has 5 heteroatoms. The average molecular weight is 284 g/mol. The minimum Gasteiger partial charge on any atom is -0.310 e. The molecule has 0 aliphatic heterocycles. The number of hydrogen-bond donors (Lipinski definition) is 0. The van der Waals surface area contributed by atoms with Crippen molar-refractivity contribution in [3.05, 3.63) is 23.1 Å². The molecule has 18 heavy (non-hydrogen) atoms. The summed E-state index contributed by atoms with van der Waals surface area (Å²) in [4.78, 5) is 9.07. The van der Waals surface area contributed by atoms with Gasteiger partial charge >= 0.3 is 0 Å². The number of pyridine rings is 1. The van der Waals surface area contributed by atoms with Crippen molar-refractivity contribution in [3.63, 3.8) is 0 Å². The minimum absolute atomic E-state index is 0.446. The Bertz CT molecular complexity index is 575. The monoisotopic (exact) mass is 283 g/mol. The van der Waals surface area contributed by atoms with Gasteiger partial charge in [0.15, 0.2) is 5.65 Å². The van der Waals surface area contributed by atoms with Gasteiger partial charge in [0.1, 0.15) is 11.3 Å². The van der Waals surface area contributed by atoms with Crippen molar-refractivity contribution in [2.45, 2.75) is 32.2 Å². The summed E-state index contributed by atoms with van der Waals surface area (Å²) in [5.41, 5.74) is 1.80. The van der Waals surface area contributed by atoms with Gasteiger partial charge < -0.3 is 4.57 Å². The third kappa shape index (κ3) is 2.10. The molecule has 96 valence electrons. The number of rotatable bonds is 4. The van der Waals surface area contributed by atoms with Crippen molar-refractivity contribution in [1.82, 2.24) is 14.5 Å². The van der Waals surface area contributed by atoms with Crippen LogP contribution in [-0.4, -0.2) is 20.4 Å². The lowest BCUT2D eigenvalue weighted by Gasteiger charge is -2.15. The van der Waals surface area contributed by atoms with E-state index in [9.17, 15) is 0 Å². The fourth-order valence-electron chi connectivity index (χ4n) is 2.48. The molecule has 2 heterocycles. The van der Waals surface area contributed by atoms with Crippen molar-refractivity contribution in [3.8, 4) is 0 Å². The molecule has 0 saturated heterocycles. The summed E-state index contributed by atoms with van der Waals surface area (Å²) in [7, 11) is 0. The predicted octanol–water partition coefficient (Wildman–Crippen LogP) is 3.84. The number of hydrogen-bond acceptors (Lipinski definition) is 2. The maximum Gasteiger partial charge on any atom is 0.160 e. The van der Waals surface area contributed by atoms with Crippen LogP contribution in [0.2, 0.25) is 5.02 Å². The van der Waals surface area contributed by atoms with Gasteiger partial charge in [-0.2, -0.15) is 0 Å². The molecule has 0 amide bonds. The molecule has 1 saturated carbocycles. The van der Waals surface area contributed by atoms with Gasteiger partial charge in [-0.05, 0) is 31.7 Å². The fourth-order valence-corrected chi connectivity index (χ4v) is 2.80. The summed E-state index contributed by atoms with van der Waals surface area (Å²) in [6.45, 7) is 2.24. The Morgan fingerprint density at radius 2 is 2.28 bits per heavy atom. The minimum atomic E-state index is 0.446. The van der Waals surface area contributed by atoms with Crippen molar-refractivity contribution in [2.75, 3.05) is 5.88 Å². The summed E-state index contributed by atoms with van der Waals surface area (Å²) in [6, 6.07) is 2.32. The number of aryl methyl sites for hydroxylation is 1. The van der Waals surface area contributed by atoms with Gasteiger partial charge in [-0.25, -0.2) is 9.97 Å². The van der Waals surface area contributed by atoms with Gasteiger partial charge in [-0.3, -0.25) is 0 Å². The molecule has 0 N–H and O–H groups in total. The average Bonchev–Trinajstić information content (AvgIpc) is 3.11. The quantitative estimate of drug-likeness (QED) is 0.799. The van der Waals surface area contributed by atoms with Crippen LogP contribution in [0, 0.1) is 5.92 Å². The summed E-state index contributed by atoms with van der Waals surface area (Å²) < 4.78 is 2.24. The predicted molar refractivity (Wildman–Crippen MR) is 74.4 cm³/mol. The first-order chi connectivity index (χ1) is 8.70. The van der Waals surface area contributed by atoms with Crippen LogP contribution < -0.4 is 0 Å². The zero-order chi connectivity index (χ0) is 12.7. The van der Waals surface area contributed by atoms with E-state index in [-0.39, 0.29) is 0 Å². The van der Waals surface area contributed by atoms with E-state index >= 15 is 0 Å². The first kappa shape index (κ1) is 12.2. The molecule has 0 radical (unpaired) electrons. The molecule has 2 aromatic heterocycles. The highest BCUT2D eigenvalue weighted by Crippen LogP contribution is 2.41. The van der Waals surface area contributed by atoms with Crippen molar-refractivity contribution >= 4 is 34.4 Å². The Balaban J connectivity index is 2.14. The highest BCUT2D eigenvalue weighted by Gasteiger charge is 2.31. The van der Waals surface area contributed by atoms with Gasteiger partial charge in [0, 0.05) is 24.5 Å². The van der Waals surface area contributed by atoms with Crippen LogP contribution in [0.5, 0.6) is 0 Å². The largest absolute Gasteiger partial charge is 0.310 e. The van der Waals surface area contributed by atoms with E-state index in [0.29, 0.717) is 16.9 Å². The summed E-state index contributed by atoms with van der Waals surface area (Å²) in [5.74, 6) is 2.36. The summed E-state index contributed by atoms with van der Waals surface area (Å²) in [6.07, 6.45) is 5.06. The smallest absolute Gasteiger partial charge is 0.160 e. The van der Waals surface area contributed by atoms with Crippen LogP contribution in [0.3, 0.4) is 0 Å². The van der Waals surface area contributed by atoms with Crippen LogP contribution in [0.25, 0.3) is 11.2 Å². The zero-order valence-electron chi connectivity index (χ0n) is 10.2. The maximum atomic E-state index is 5.97. The molecule has 1 fully saturated rings. The van der Waals surface area contributed by atoms with Crippen molar-refractivity contribution in [2.24, 2.45) is 5.92 Å².